The van der Waals surface area contributed by atoms with E-state index in [0.717, 1.165) is 32.5 Å². The maximum atomic E-state index is 12.4. The van der Waals surface area contributed by atoms with Gasteiger partial charge < -0.3 is 15.0 Å². The van der Waals surface area contributed by atoms with Crippen molar-refractivity contribution >= 4 is 21.6 Å². The topological polar surface area (TPSA) is 87.7 Å². The van der Waals surface area contributed by atoms with Crippen molar-refractivity contribution in [3.8, 4) is 5.75 Å². The number of unbranched alkanes of at least 4 members (excludes halogenated alkanes) is 1. The molecule has 2 aliphatic rings. The molecule has 0 saturated carbocycles. The summed E-state index contributed by atoms with van der Waals surface area (Å²) in [5.74, 6) is 0.202. The molecule has 2 aliphatic heterocycles. The van der Waals surface area contributed by atoms with Gasteiger partial charge in [0, 0.05) is 6.54 Å². The van der Waals surface area contributed by atoms with Gasteiger partial charge in [-0.1, -0.05) is 0 Å². The van der Waals surface area contributed by atoms with Gasteiger partial charge in [-0.25, -0.2) is 13.1 Å². The van der Waals surface area contributed by atoms with Gasteiger partial charge in [0.15, 0.2) is 6.10 Å². The number of fused-ring (bicyclic) bond motifs is 1. The van der Waals surface area contributed by atoms with E-state index in [2.05, 4.69) is 14.9 Å². The van der Waals surface area contributed by atoms with Gasteiger partial charge in [-0.15, -0.1) is 0 Å². The lowest BCUT2D eigenvalue weighted by Gasteiger charge is -2.23. The molecule has 138 valence electrons. The Morgan fingerprint density at radius 2 is 2.04 bits per heavy atom. The van der Waals surface area contributed by atoms with Gasteiger partial charge in [0.2, 0.25) is 10.0 Å². The highest BCUT2D eigenvalue weighted by molar-refractivity contribution is 7.89. The Hall–Kier alpha value is -1.64. The molecule has 1 fully saturated rings. The van der Waals surface area contributed by atoms with E-state index in [1.165, 1.54) is 25.0 Å². The summed E-state index contributed by atoms with van der Waals surface area (Å²) in [4.78, 5) is 14.2. The van der Waals surface area contributed by atoms with Gasteiger partial charge >= 0.3 is 0 Å². The van der Waals surface area contributed by atoms with Crippen LogP contribution in [0.4, 0.5) is 5.69 Å². The zero-order valence-electron chi connectivity index (χ0n) is 14.5. The zero-order valence-corrected chi connectivity index (χ0v) is 15.3. The first-order valence-corrected chi connectivity index (χ1v) is 10.3. The summed E-state index contributed by atoms with van der Waals surface area (Å²) in [7, 11) is -3.59. The summed E-state index contributed by atoms with van der Waals surface area (Å²) < 4.78 is 32.9. The molecule has 1 aromatic carbocycles. The van der Waals surface area contributed by atoms with Crippen molar-refractivity contribution in [2.75, 3.05) is 31.5 Å². The number of nitrogens with zero attached hydrogens (tertiary/aromatic N) is 1. The number of ether oxygens (including phenoxy) is 1. The molecule has 1 atom stereocenters. The molecule has 1 saturated heterocycles. The van der Waals surface area contributed by atoms with Crippen molar-refractivity contribution in [3.63, 3.8) is 0 Å². The van der Waals surface area contributed by atoms with Gasteiger partial charge in [0.05, 0.1) is 10.6 Å². The third-order valence-electron chi connectivity index (χ3n) is 4.58. The maximum Gasteiger partial charge on any atom is 0.265 e. The van der Waals surface area contributed by atoms with Crippen molar-refractivity contribution in [3.05, 3.63) is 18.2 Å². The van der Waals surface area contributed by atoms with Crippen molar-refractivity contribution in [2.45, 2.75) is 43.6 Å². The van der Waals surface area contributed by atoms with E-state index >= 15 is 0 Å². The molecule has 0 aromatic heterocycles. The van der Waals surface area contributed by atoms with Crippen molar-refractivity contribution < 1.29 is 17.9 Å². The average Bonchev–Trinajstić information content (AvgIpc) is 3.08. The molecule has 3 rings (SSSR count). The molecule has 0 aliphatic carbocycles. The van der Waals surface area contributed by atoms with Gasteiger partial charge in [-0.3, -0.25) is 4.79 Å². The summed E-state index contributed by atoms with van der Waals surface area (Å²) in [5.41, 5.74) is 0.389. The number of hydrogen-bond donors (Lipinski definition) is 2. The second-order valence-electron chi connectivity index (χ2n) is 6.56. The first-order chi connectivity index (χ1) is 12.0. The Bertz CT molecular complexity index is 729. The molecule has 1 unspecified atom stereocenters. The van der Waals surface area contributed by atoms with E-state index in [0.29, 0.717) is 18.0 Å². The lowest BCUT2D eigenvalue weighted by molar-refractivity contribution is -0.122. The number of likely N-dealkylation sites (tertiary alicyclic amines) is 1. The van der Waals surface area contributed by atoms with Crippen LogP contribution >= 0.6 is 0 Å². The minimum absolute atomic E-state index is 0.129. The Labute approximate surface area is 148 Å². The van der Waals surface area contributed by atoms with E-state index in [-0.39, 0.29) is 10.8 Å². The number of anilines is 1. The van der Waals surface area contributed by atoms with Crippen molar-refractivity contribution in [1.29, 1.82) is 0 Å². The van der Waals surface area contributed by atoms with Crippen molar-refractivity contribution in [2.24, 2.45) is 0 Å². The average molecular weight is 367 g/mol. The Morgan fingerprint density at radius 1 is 1.28 bits per heavy atom. The van der Waals surface area contributed by atoms with E-state index < -0.39 is 16.1 Å². The third-order valence-corrected chi connectivity index (χ3v) is 6.04. The van der Waals surface area contributed by atoms with Crippen LogP contribution in [0.5, 0.6) is 5.75 Å². The van der Waals surface area contributed by atoms with E-state index in [4.69, 9.17) is 4.74 Å². The van der Waals surface area contributed by atoms with Gasteiger partial charge in [-0.2, -0.15) is 0 Å². The van der Waals surface area contributed by atoms with E-state index in [1.54, 1.807) is 13.0 Å². The Balaban J connectivity index is 1.53. The van der Waals surface area contributed by atoms with E-state index in [1.807, 2.05) is 0 Å². The fourth-order valence-electron chi connectivity index (χ4n) is 3.11. The number of hydrogen-bond acceptors (Lipinski definition) is 5. The van der Waals surface area contributed by atoms with Crippen LogP contribution in [0.25, 0.3) is 0 Å². The molecule has 1 amide bonds. The van der Waals surface area contributed by atoms with Crippen LogP contribution in [0.15, 0.2) is 23.1 Å². The Morgan fingerprint density at radius 3 is 2.80 bits per heavy atom. The van der Waals surface area contributed by atoms with Gasteiger partial charge in [0.1, 0.15) is 5.75 Å². The standard InChI is InChI=1S/C17H25N3O4S/c1-13-17(21)19-15-12-14(6-7-16(15)24-13)25(22,23)18-8-2-3-9-20-10-4-5-11-20/h6-7,12-13,18H,2-5,8-11H2,1H3,(H,19,21). The molecule has 0 radical (unpaired) electrons. The second-order valence-corrected chi connectivity index (χ2v) is 8.33. The second kappa shape index (κ2) is 7.72. The molecular formula is C17H25N3O4S. The van der Waals surface area contributed by atoms with Gasteiger partial charge in [0.25, 0.3) is 5.91 Å². The van der Waals surface area contributed by atoms with Crippen LogP contribution in [-0.2, 0) is 14.8 Å². The number of amides is 1. The molecule has 0 bridgehead atoms. The van der Waals surface area contributed by atoms with Crippen LogP contribution in [0, 0.1) is 0 Å². The summed E-state index contributed by atoms with van der Waals surface area (Å²) >= 11 is 0. The first-order valence-electron chi connectivity index (χ1n) is 8.79. The number of rotatable bonds is 7. The molecule has 7 nitrogen and oxygen atoms in total. The van der Waals surface area contributed by atoms with Crippen LogP contribution in [-0.4, -0.2) is 51.5 Å². The highest BCUT2D eigenvalue weighted by atomic mass is 32.2. The maximum absolute atomic E-state index is 12.4. The minimum atomic E-state index is -3.59. The molecular weight excluding hydrogens is 342 g/mol. The summed E-state index contributed by atoms with van der Waals surface area (Å²) in [6.07, 6.45) is 3.74. The number of carbonyl (C=O) groups excluding carboxylic acids is 1. The number of benzene rings is 1. The summed E-state index contributed by atoms with van der Waals surface area (Å²) in [5, 5.41) is 2.67. The minimum Gasteiger partial charge on any atom is -0.479 e. The Kier molecular flexibility index (Phi) is 5.61. The number of nitrogens with one attached hydrogen (secondary N) is 2. The normalized spacial score (nSPS) is 20.8. The zero-order chi connectivity index (χ0) is 17.9. The highest BCUT2D eigenvalue weighted by Gasteiger charge is 2.25. The van der Waals surface area contributed by atoms with Gasteiger partial charge in [-0.05, 0) is 70.4 Å². The smallest absolute Gasteiger partial charge is 0.265 e. The molecule has 25 heavy (non-hydrogen) atoms. The first kappa shape index (κ1) is 18.2. The molecule has 8 heteroatoms. The fraction of sp³-hybridized carbons (Fsp3) is 0.588. The van der Waals surface area contributed by atoms with Crippen LogP contribution in [0.1, 0.15) is 32.6 Å². The third kappa shape index (κ3) is 4.50. The summed E-state index contributed by atoms with van der Waals surface area (Å²) in [6.45, 7) is 5.41. The predicted octanol–water partition coefficient (Wildman–Crippen LogP) is 1.56. The fourth-order valence-corrected chi connectivity index (χ4v) is 4.21. The number of sulfonamides is 1. The molecule has 2 N–H and O–H groups in total. The molecule has 1 aromatic rings. The van der Waals surface area contributed by atoms with Crippen molar-refractivity contribution in [1.82, 2.24) is 9.62 Å². The van der Waals surface area contributed by atoms with E-state index in [9.17, 15) is 13.2 Å². The predicted molar refractivity (Wildman–Crippen MR) is 95.3 cm³/mol. The van der Waals surface area contributed by atoms with Crippen LogP contribution in [0.2, 0.25) is 0 Å². The summed E-state index contributed by atoms with van der Waals surface area (Å²) in [6, 6.07) is 4.51. The number of carbonyl (C=O) groups is 1. The lowest BCUT2D eigenvalue weighted by Crippen LogP contribution is -2.34. The molecule has 0 spiro atoms. The lowest BCUT2D eigenvalue weighted by atomic mass is 10.2. The van der Waals surface area contributed by atoms with Crippen LogP contribution < -0.4 is 14.8 Å². The SMILES string of the molecule is CC1Oc2ccc(S(=O)(=O)NCCCCN3CCCC3)cc2NC1=O. The van der Waals surface area contributed by atoms with Crippen LogP contribution in [0.3, 0.4) is 0 Å². The highest BCUT2D eigenvalue weighted by Crippen LogP contribution is 2.31. The molecule has 2 heterocycles. The monoisotopic (exact) mass is 367 g/mol. The quantitative estimate of drug-likeness (QED) is 0.714. The largest absolute Gasteiger partial charge is 0.479 e.